The lowest BCUT2D eigenvalue weighted by molar-refractivity contribution is -0.119. The van der Waals surface area contributed by atoms with Crippen LogP contribution in [0, 0.1) is 0 Å². The Balaban J connectivity index is 1.91. The van der Waals surface area contributed by atoms with Gasteiger partial charge >= 0.3 is 11.3 Å². The van der Waals surface area contributed by atoms with Crippen molar-refractivity contribution in [3.63, 3.8) is 0 Å². The minimum Gasteiger partial charge on any atom is -0.484 e. The van der Waals surface area contributed by atoms with E-state index >= 15 is 0 Å². The maximum atomic E-state index is 12.5. The van der Waals surface area contributed by atoms with Gasteiger partial charge in [0.05, 0.1) is 5.56 Å². The van der Waals surface area contributed by atoms with Crippen molar-refractivity contribution in [3.05, 3.63) is 75.4 Å². The molecular weight excluding hydrogens is 350 g/mol. The first-order valence-corrected chi connectivity index (χ1v) is 8.03. The molecule has 0 atom stereocenters. The van der Waals surface area contributed by atoms with Crippen LogP contribution in [0.2, 0.25) is 0 Å². The Bertz CT molecular complexity index is 1300. The molecule has 2 aromatic carbocycles. The van der Waals surface area contributed by atoms with Gasteiger partial charge in [-0.2, -0.15) is 0 Å². The second kappa shape index (κ2) is 6.45. The normalized spacial score (nSPS) is 11.0. The van der Waals surface area contributed by atoms with Crippen LogP contribution in [0.3, 0.4) is 0 Å². The van der Waals surface area contributed by atoms with E-state index in [1.807, 2.05) is 12.1 Å². The predicted molar refractivity (Wildman–Crippen MR) is 98.7 cm³/mol. The van der Waals surface area contributed by atoms with Gasteiger partial charge in [-0.25, -0.2) is 9.59 Å². The van der Waals surface area contributed by atoms with Gasteiger partial charge in [0, 0.05) is 28.5 Å². The molecule has 0 saturated heterocycles. The van der Waals surface area contributed by atoms with E-state index in [1.165, 1.54) is 12.1 Å². The van der Waals surface area contributed by atoms with Gasteiger partial charge in [0.25, 0.3) is 5.91 Å². The average Bonchev–Trinajstić information content (AvgIpc) is 2.64. The van der Waals surface area contributed by atoms with E-state index in [0.29, 0.717) is 22.3 Å². The van der Waals surface area contributed by atoms with Crippen LogP contribution in [-0.4, -0.2) is 12.5 Å². The second-order valence-corrected chi connectivity index (χ2v) is 5.88. The smallest absolute Gasteiger partial charge is 0.344 e. The highest BCUT2D eigenvalue weighted by atomic mass is 16.5. The lowest BCUT2D eigenvalue weighted by Crippen LogP contribution is -2.20. The van der Waals surface area contributed by atoms with Crippen molar-refractivity contribution in [3.8, 4) is 16.9 Å². The highest BCUT2D eigenvalue weighted by molar-refractivity contribution is 5.95. The maximum Gasteiger partial charge on any atom is 0.344 e. The van der Waals surface area contributed by atoms with E-state index in [-0.39, 0.29) is 17.8 Å². The molecule has 0 radical (unpaired) electrons. The minimum atomic E-state index is -0.628. The average molecular weight is 363 g/mol. The molecule has 4 rings (SSSR count). The summed E-state index contributed by atoms with van der Waals surface area (Å²) in [4.78, 5) is 35.3. The van der Waals surface area contributed by atoms with Crippen LogP contribution in [-0.2, 0) is 4.79 Å². The summed E-state index contributed by atoms with van der Waals surface area (Å²) in [5, 5.41) is 1.26. The zero-order valence-electron chi connectivity index (χ0n) is 13.9. The summed E-state index contributed by atoms with van der Waals surface area (Å²) in [5.74, 6) is -0.314. The summed E-state index contributed by atoms with van der Waals surface area (Å²) in [6.07, 6.45) is 0. The molecule has 7 nitrogen and oxygen atoms in total. The lowest BCUT2D eigenvalue weighted by atomic mass is 10.0. The number of carbonyl (C=O) groups is 1. The van der Waals surface area contributed by atoms with Crippen molar-refractivity contribution in [2.45, 2.75) is 0 Å². The molecule has 2 aromatic heterocycles. The van der Waals surface area contributed by atoms with E-state index < -0.39 is 17.2 Å². The number of benzene rings is 2. The van der Waals surface area contributed by atoms with Crippen LogP contribution in [0.4, 0.5) is 0 Å². The molecule has 0 fully saturated rings. The molecule has 27 heavy (non-hydrogen) atoms. The molecule has 0 saturated carbocycles. The van der Waals surface area contributed by atoms with E-state index in [0.717, 1.165) is 5.39 Å². The van der Waals surface area contributed by atoms with Gasteiger partial charge < -0.3 is 19.3 Å². The molecule has 0 aliphatic carbocycles. The summed E-state index contributed by atoms with van der Waals surface area (Å²) >= 11 is 0. The zero-order chi connectivity index (χ0) is 19.0. The number of ether oxygens (including phenoxy) is 1. The fourth-order valence-corrected chi connectivity index (χ4v) is 2.86. The van der Waals surface area contributed by atoms with E-state index in [4.69, 9.17) is 19.3 Å². The first-order chi connectivity index (χ1) is 13.0. The molecule has 0 aliphatic heterocycles. The summed E-state index contributed by atoms with van der Waals surface area (Å²) in [6.45, 7) is -0.302. The van der Waals surface area contributed by atoms with E-state index in [1.54, 1.807) is 30.3 Å². The van der Waals surface area contributed by atoms with Crippen LogP contribution in [0.15, 0.2) is 73.0 Å². The van der Waals surface area contributed by atoms with Crippen molar-refractivity contribution in [2.75, 3.05) is 6.61 Å². The molecule has 0 spiro atoms. The molecule has 134 valence electrons. The first-order valence-electron chi connectivity index (χ1n) is 8.03. The third kappa shape index (κ3) is 3.18. The third-order valence-corrected chi connectivity index (χ3v) is 4.03. The molecule has 2 N–H and O–H groups in total. The Labute approximate surface area is 151 Å². The number of fused-ring (bicyclic) bond motifs is 2. The Morgan fingerprint density at radius 1 is 0.926 bits per heavy atom. The van der Waals surface area contributed by atoms with Crippen molar-refractivity contribution < 1.29 is 18.4 Å². The van der Waals surface area contributed by atoms with Gasteiger partial charge in [0.15, 0.2) is 6.61 Å². The van der Waals surface area contributed by atoms with Gasteiger partial charge in [-0.15, -0.1) is 0 Å². The highest BCUT2D eigenvalue weighted by Crippen LogP contribution is 2.29. The van der Waals surface area contributed by atoms with Gasteiger partial charge in [-0.1, -0.05) is 18.2 Å². The predicted octanol–water partition coefficient (Wildman–Crippen LogP) is 2.43. The minimum absolute atomic E-state index is 0.215. The fraction of sp³-hybridized carbons (Fsp3) is 0.0500. The molecular formula is C20H13NO6. The molecule has 0 unspecified atom stereocenters. The van der Waals surface area contributed by atoms with E-state index in [9.17, 15) is 14.4 Å². The number of amides is 1. The van der Waals surface area contributed by atoms with Crippen LogP contribution in [0.5, 0.6) is 5.75 Å². The molecule has 1 amide bonds. The summed E-state index contributed by atoms with van der Waals surface area (Å²) in [7, 11) is 0. The van der Waals surface area contributed by atoms with Gasteiger partial charge in [0.2, 0.25) is 0 Å². The number of hydrogen-bond acceptors (Lipinski definition) is 6. The van der Waals surface area contributed by atoms with Crippen molar-refractivity contribution in [2.24, 2.45) is 5.73 Å². The Kier molecular flexibility index (Phi) is 3.97. The third-order valence-electron chi connectivity index (χ3n) is 4.03. The largest absolute Gasteiger partial charge is 0.484 e. The molecule has 0 aliphatic rings. The zero-order valence-corrected chi connectivity index (χ0v) is 13.9. The summed E-state index contributed by atoms with van der Waals surface area (Å²) in [6, 6.07) is 14.7. The topological polar surface area (TPSA) is 113 Å². The number of primary amides is 1. The number of para-hydroxylation sites is 1. The number of nitrogens with two attached hydrogens (primary N) is 1. The Morgan fingerprint density at radius 3 is 2.56 bits per heavy atom. The lowest BCUT2D eigenvalue weighted by Gasteiger charge is -2.08. The van der Waals surface area contributed by atoms with Crippen LogP contribution >= 0.6 is 0 Å². The van der Waals surface area contributed by atoms with Gasteiger partial charge in [-0.3, -0.25) is 4.79 Å². The highest BCUT2D eigenvalue weighted by Gasteiger charge is 2.14. The number of hydrogen-bond donors (Lipinski definition) is 1. The monoisotopic (exact) mass is 363 g/mol. The fourth-order valence-electron chi connectivity index (χ4n) is 2.86. The van der Waals surface area contributed by atoms with Crippen molar-refractivity contribution in [1.82, 2.24) is 0 Å². The van der Waals surface area contributed by atoms with Crippen LogP contribution in [0.1, 0.15) is 0 Å². The quantitative estimate of drug-likeness (QED) is 0.557. The first kappa shape index (κ1) is 16.6. The van der Waals surface area contributed by atoms with Crippen molar-refractivity contribution >= 4 is 27.8 Å². The van der Waals surface area contributed by atoms with Crippen LogP contribution in [0.25, 0.3) is 33.1 Å². The van der Waals surface area contributed by atoms with Gasteiger partial charge in [0.1, 0.15) is 16.9 Å². The maximum absolute atomic E-state index is 12.5. The van der Waals surface area contributed by atoms with Crippen LogP contribution < -0.4 is 21.7 Å². The standard InChI is InChI=1S/C20H13NO6/c21-18(22)10-25-12-5-6-13-14(9-19(23)26-17(13)8-12)15-7-11-3-1-2-4-16(11)27-20(15)24/h1-9H,10H2,(H2,21,22). The SMILES string of the molecule is NC(=O)COc1ccc2c(-c3cc4ccccc4oc3=O)cc(=O)oc2c1. The second-order valence-electron chi connectivity index (χ2n) is 5.88. The number of carbonyl (C=O) groups excluding carboxylic acids is 1. The Morgan fingerprint density at radius 2 is 1.74 bits per heavy atom. The van der Waals surface area contributed by atoms with E-state index in [2.05, 4.69) is 0 Å². The molecule has 7 heteroatoms. The van der Waals surface area contributed by atoms with Gasteiger partial charge in [-0.05, 0) is 24.3 Å². The summed E-state index contributed by atoms with van der Waals surface area (Å²) in [5.41, 5.74) is 5.18. The summed E-state index contributed by atoms with van der Waals surface area (Å²) < 4.78 is 15.8. The molecule has 0 bridgehead atoms. The Hall–Kier alpha value is -3.87. The van der Waals surface area contributed by atoms with Crippen molar-refractivity contribution in [1.29, 1.82) is 0 Å². The molecule has 4 aromatic rings. The molecule has 2 heterocycles. The number of rotatable bonds is 4.